The number of aryl methyl sites for hydroxylation is 1. The van der Waals surface area contributed by atoms with Gasteiger partial charge >= 0.3 is 0 Å². The lowest BCUT2D eigenvalue weighted by atomic mass is 10.2. The fraction of sp³-hybridized carbons (Fsp3) is 0.133. The molecule has 3 aromatic rings. The molecule has 0 bridgehead atoms. The molecule has 1 amide bonds. The molecular formula is C15H12FN3O2S. The van der Waals surface area contributed by atoms with Crippen molar-refractivity contribution in [3.63, 3.8) is 0 Å². The standard InChI is InChI=1S/C15H12FN3O2S/c16-10-4-1-2-5-11(10)17-13(20)7-8-14-18-15(19-21-14)12-6-3-9-22-12/h1-6,9H,7-8H2,(H,17,20). The summed E-state index contributed by atoms with van der Waals surface area (Å²) in [4.78, 5) is 16.9. The number of thiophene rings is 1. The molecule has 0 saturated heterocycles. The molecular weight excluding hydrogens is 305 g/mol. The van der Waals surface area contributed by atoms with Crippen molar-refractivity contribution in [2.24, 2.45) is 0 Å². The van der Waals surface area contributed by atoms with Crippen LogP contribution in [0.1, 0.15) is 12.3 Å². The van der Waals surface area contributed by atoms with Crippen LogP contribution < -0.4 is 5.32 Å². The number of hydrogen-bond donors (Lipinski definition) is 1. The summed E-state index contributed by atoms with van der Waals surface area (Å²) in [6.07, 6.45) is 0.444. The van der Waals surface area contributed by atoms with E-state index in [2.05, 4.69) is 15.5 Å². The maximum Gasteiger partial charge on any atom is 0.227 e. The summed E-state index contributed by atoms with van der Waals surface area (Å²) in [5, 5.41) is 8.30. The van der Waals surface area contributed by atoms with Gasteiger partial charge < -0.3 is 9.84 Å². The normalized spacial score (nSPS) is 10.6. The van der Waals surface area contributed by atoms with Gasteiger partial charge in [0.05, 0.1) is 10.6 Å². The number of carbonyl (C=O) groups excluding carboxylic acids is 1. The lowest BCUT2D eigenvalue weighted by Crippen LogP contribution is -2.13. The highest BCUT2D eigenvalue weighted by molar-refractivity contribution is 7.13. The van der Waals surface area contributed by atoms with Gasteiger partial charge in [-0.2, -0.15) is 4.98 Å². The zero-order valence-corrected chi connectivity index (χ0v) is 12.3. The van der Waals surface area contributed by atoms with E-state index in [9.17, 15) is 9.18 Å². The van der Waals surface area contributed by atoms with Gasteiger partial charge in [0.25, 0.3) is 0 Å². The van der Waals surface area contributed by atoms with E-state index >= 15 is 0 Å². The molecule has 1 N–H and O–H groups in total. The second kappa shape index (κ2) is 6.48. The predicted octanol–water partition coefficient (Wildman–Crippen LogP) is 3.51. The van der Waals surface area contributed by atoms with E-state index in [-0.39, 0.29) is 18.0 Å². The number of aromatic nitrogens is 2. The van der Waals surface area contributed by atoms with Gasteiger partial charge in [-0.25, -0.2) is 4.39 Å². The van der Waals surface area contributed by atoms with Gasteiger partial charge in [0.2, 0.25) is 17.6 Å². The molecule has 1 aromatic carbocycles. The summed E-state index contributed by atoms with van der Waals surface area (Å²) in [6.45, 7) is 0. The molecule has 2 heterocycles. The first-order valence-electron chi connectivity index (χ1n) is 6.63. The molecule has 3 rings (SSSR count). The molecule has 22 heavy (non-hydrogen) atoms. The first-order valence-corrected chi connectivity index (χ1v) is 7.51. The quantitative estimate of drug-likeness (QED) is 0.782. The van der Waals surface area contributed by atoms with E-state index in [0.717, 1.165) is 4.88 Å². The molecule has 0 aliphatic rings. The van der Waals surface area contributed by atoms with Crippen LogP contribution in [0.15, 0.2) is 46.3 Å². The summed E-state index contributed by atoms with van der Waals surface area (Å²) in [7, 11) is 0. The van der Waals surface area contributed by atoms with Crippen molar-refractivity contribution in [1.82, 2.24) is 10.1 Å². The van der Waals surface area contributed by atoms with Gasteiger partial charge in [0.15, 0.2) is 0 Å². The van der Waals surface area contributed by atoms with Gasteiger partial charge in [0, 0.05) is 12.8 Å². The number of nitrogens with one attached hydrogen (secondary N) is 1. The smallest absolute Gasteiger partial charge is 0.227 e. The summed E-state index contributed by atoms with van der Waals surface area (Å²) >= 11 is 1.51. The van der Waals surface area contributed by atoms with E-state index in [4.69, 9.17) is 4.52 Å². The molecule has 5 nitrogen and oxygen atoms in total. The van der Waals surface area contributed by atoms with Crippen LogP contribution >= 0.6 is 11.3 Å². The summed E-state index contributed by atoms with van der Waals surface area (Å²) < 4.78 is 18.5. The number of para-hydroxylation sites is 1. The van der Waals surface area contributed by atoms with E-state index in [0.29, 0.717) is 18.1 Å². The van der Waals surface area contributed by atoms with Crippen LogP contribution in [0.5, 0.6) is 0 Å². The SMILES string of the molecule is O=C(CCc1nc(-c2cccs2)no1)Nc1ccccc1F. The fourth-order valence-electron chi connectivity index (χ4n) is 1.86. The van der Waals surface area contributed by atoms with Gasteiger partial charge in [-0.15, -0.1) is 11.3 Å². The minimum atomic E-state index is -0.464. The fourth-order valence-corrected chi connectivity index (χ4v) is 2.51. The van der Waals surface area contributed by atoms with Gasteiger partial charge in [-0.3, -0.25) is 4.79 Å². The van der Waals surface area contributed by atoms with Crippen LogP contribution in [0, 0.1) is 5.82 Å². The van der Waals surface area contributed by atoms with Crippen LogP contribution in [-0.4, -0.2) is 16.0 Å². The highest BCUT2D eigenvalue weighted by Gasteiger charge is 2.12. The molecule has 0 aliphatic heterocycles. The summed E-state index contributed by atoms with van der Waals surface area (Å²) in [5.74, 6) is 0.126. The van der Waals surface area contributed by atoms with Crippen molar-refractivity contribution in [2.75, 3.05) is 5.32 Å². The second-order valence-corrected chi connectivity index (χ2v) is 5.46. The number of anilines is 1. The molecule has 0 unspecified atom stereocenters. The van der Waals surface area contributed by atoms with Crippen LogP contribution in [0.4, 0.5) is 10.1 Å². The van der Waals surface area contributed by atoms with Gasteiger partial charge in [-0.1, -0.05) is 23.4 Å². The third kappa shape index (κ3) is 3.37. The second-order valence-electron chi connectivity index (χ2n) is 4.52. The number of nitrogens with zero attached hydrogens (tertiary/aromatic N) is 2. The molecule has 0 radical (unpaired) electrons. The molecule has 7 heteroatoms. The lowest BCUT2D eigenvalue weighted by molar-refractivity contribution is -0.116. The summed E-state index contributed by atoms with van der Waals surface area (Å²) in [5.41, 5.74) is 0.164. The highest BCUT2D eigenvalue weighted by atomic mass is 32.1. The average molecular weight is 317 g/mol. The first-order chi connectivity index (χ1) is 10.7. The minimum Gasteiger partial charge on any atom is -0.339 e. The van der Waals surface area contributed by atoms with E-state index in [1.165, 1.54) is 23.5 Å². The van der Waals surface area contributed by atoms with E-state index in [1.807, 2.05) is 17.5 Å². The van der Waals surface area contributed by atoms with Gasteiger partial charge in [0.1, 0.15) is 5.82 Å². The average Bonchev–Trinajstić information content (AvgIpc) is 3.18. The van der Waals surface area contributed by atoms with Crippen molar-refractivity contribution in [2.45, 2.75) is 12.8 Å². The summed E-state index contributed by atoms with van der Waals surface area (Å²) in [6, 6.07) is 9.82. The Bertz CT molecular complexity index is 771. The van der Waals surface area contributed by atoms with E-state index < -0.39 is 5.82 Å². The topological polar surface area (TPSA) is 68.0 Å². The van der Waals surface area contributed by atoms with E-state index in [1.54, 1.807) is 12.1 Å². The monoisotopic (exact) mass is 317 g/mol. The Morgan fingerprint density at radius 1 is 1.27 bits per heavy atom. The zero-order valence-electron chi connectivity index (χ0n) is 11.5. The molecule has 2 aromatic heterocycles. The Balaban J connectivity index is 1.56. The molecule has 0 spiro atoms. The van der Waals surface area contributed by atoms with Gasteiger partial charge in [-0.05, 0) is 23.6 Å². The Morgan fingerprint density at radius 3 is 2.91 bits per heavy atom. The third-order valence-electron chi connectivity index (χ3n) is 2.92. The number of hydrogen-bond acceptors (Lipinski definition) is 5. The molecule has 0 fully saturated rings. The van der Waals surface area contributed by atoms with Crippen LogP contribution in [0.3, 0.4) is 0 Å². The van der Waals surface area contributed by atoms with Crippen molar-refractivity contribution < 1.29 is 13.7 Å². The highest BCUT2D eigenvalue weighted by Crippen LogP contribution is 2.21. The number of carbonyl (C=O) groups is 1. The lowest BCUT2D eigenvalue weighted by Gasteiger charge is -2.04. The molecule has 0 saturated carbocycles. The minimum absolute atomic E-state index is 0.139. The van der Waals surface area contributed by atoms with Crippen molar-refractivity contribution in [1.29, 1.82) is 0 Å². The van der Waals surface area contributed by atoms with Crippen molar-refractivity contribution in [3.8, 4) is 10.7 Å². The number of benzene rings is 1. The number of halogens is 1. The first kappa shape index (κ1) is 14.4. The Kier molecular flexibility index (Phi) is 4.24. The number of rotatable bonds is 5. The van der Waals surface area contributed by atoms with Crippen LogP contribution in [-0.2, 0) is 11.2 Å². The molecule has 0 atom stereocenters. The molecule has 112 valence electrons. The third-order valence-corrected chi connectivity index (χ3v) is 3.79. The number of amides is 1. The van der Waals surface area contributed by atoms with Crippen molar-refractivity contribution >= 4 is 22.9 Å². The van der Waals surface area contributed by atoms with Crippen LogP contribution in [0.25, 0.3) is 10.7 Å². The zero-order chi connectivity index (χ0) is 15.4. The van der Waals surface area contributed by atoms with Crippen LogP contribution in [0.2, 0.25) is 0 Å². The van der Waals surface area contributed by atoms with Crippen molar-refractivity contribution in [3.05, 3.63) is 53.5 Å². The molecule has 0 aliphatic carbocycles. The maximum absolute atomic E-state index is 13.4. The Morgan fingerprint density at radius 2 is 2.14 bits per heavy atom. The predicted molar refractivity (Wildman–Crippen MR) is 81.0 cm³/mol. The Hall–Kier alpha value is -2.54. The Labute approximate surface area is 129 Å². The maximum atomic E-state index is 13.4. The largest absolute Gasteiger partial charge is 0.339 e.